The summed E-state index contributed by atoms with van der Waals surface area (Å²) in [6.45, 7) is 1.27. The molecule has 1 heterocycles. The zero-order valence-electron chi connectivity index (χ0n) is 22.1. The lowest BCUT2D eigenvalue weighted by atomic mass is 9.84. The Morgan fingerprint density at radius 3 is 2.39 bits per heavy atom. The number of carbonyl (C=O) groups excluding carboxylic acids is 1. The number of nitriles is 1. The number of ether oxygens (including phenoxy) is 1. The van der Waals surface area contributed by atoms with Crippen molar-refractivity contribution in [1.29, 1.82) is 5.26 Å². The van der Waals surface area contributed by atoms with E-state index in [1.54, 1.807) is 13.0 Å². The van der Waals surface area contributed by atoms with E-state index in [1.165, 1.54) is 0 Å². The fraction of sp³-hybridized carbons (Fsp3) is 0.560. The maximum Gasteiger partial charge on any atom is 0.573 e. The molecule has 0 atom stereocenters. The van der Waals surface area contributed by atoms with Gasteiger partial charge in [0.1, 0.15) is 21.7 Å². The topological polar surface area (TPSA) is 134 Å². The van der Waals surface area contributed by atoms with Gasteiger partial charge in [-0.2, -0.15) is 18.4 Å². The number of aliphatic hydroxyl groups is 1. The molecule has 0 unspecified atom stereocenters. The average Bonchev–Trinajstić information content (AvgIpc) is 3.23. The van der Waals surface area contributed by atoms with Crippen molar-refractivity contribution < 1.29 is 49.4 Å². The molecule has 1 aliphatic rings. The lowest BCUT2D eigenvalue weighted by Gasteiger charge is -2.35. The molecule has 1 amide bonds. The summed E-state index contributed by atoms with van der Waals surface area (Å²) in [6, 6.07) is 4.75. The number of hydrogen-bond donors (Lipinski definition) is 2. The van der Waals surface area contributed by atoms with Crippen molar-refractivity contribution in [3.8, 4) is 17.5 Å². The van der Waals surface area contributed by atoms with Crippen LogP contribution in [0.5, 0.6) is 5.75 Å². The molecule has 1 saturated carbocycles. The monoisotopic (exact) mass is 610 g/mol. The number of amides is 1. The van der Waals surface area contributed by atoms with Gasteiger partial charge >= 0.3 is 12.5 Å². The number of aromatic nitrogens is 2. The van der Waals surface area contributed by atoms with Gasteiger partial charge in [-0.1, -0.05) is 13.0 Å². The molecule has 1 aromatic heterocycles. The van der Waals surface area contributed by atoms with Crippen LogP contribution in [0.15, 0.2) is 18.2 Å². The first-order chi connectivity index (χ1) is 18.9. The van der Waals surface area contributed by atoms with Crippen LogP contribution in [0.25, 0.3) is 5.69 Å². The Kier molecular flexibility index (Phi) is 9.33. The van der Waals surface area contributed by atoms with E-state index in [9.17, 15) is 49.9 Å². The van der Waals surface area contributed by atoms with Crippen molar-refractivity contribution in [2.24, 2.45) is 0 Å². The highest BCUT2D eigenvalue weighted by atomic mass is 32.2. The number of aryl methyl sites for hydroxylation is 2. The standard InChI is InChI=1S/C25H28F6N4O5S/c1-3-20-34-21(22(36)33-14-23(37)9-7-16(8-10-23)41(2,38)39)18(13-32)35(20)17-5-4-15(6-11-24(26,27)28)12-19(17)40-25(29,30)31/h4-5,12,16,37H,3,6-11,14H2,1-2H3,(H,33,36). The van der Waals surface area contributed by atoms with Crippen LogP contribution in [0.1, 0.15) is 66.6 Å². The lowest BCUT2D eigenvalue weighted by Crippen LogP contribution is -2.47. The van der Waals surface area contributed by atoms with Crippen molar-refractivity contribution in [3.63, 3.8) is 0 Å². The summed E-state index contributed by atoms with van der Waals surface area (Å²) in [5.41, 5.74) is -2.78. The number of nitrogens with zero attached hydrogens (tertiary/aromatic N) is 3. The maximum atomic E-state index is 13.2. The second-order valence-corrected chi connectivity index (χ2v) is 12.3. The van der Waals surface area contributed by atoms with E-state index in [4.69, 9.17) is 0 Å². The number of nitrogens with one attached hydrogen (secondary N) is 1. The third-order valence-corrected chi connectivity index (χ3v) is 8.50. The Bertz CT molecular complexity index is 1420. The molecule has 0 saturated heterocycles. The van der Waals surface area contributed by atoms with Crippen LogP contribution in [-0.2, 0) is 22.7 Å². The molecule has 1 fully saturated rings. The molecule has 9 nitrogen and oxygen atoms in total. The molecule has 226 valence electrons. The van der Waals surface area contributed by atoms with E-state index in [-0.39, 0.29) is 55.7 Å². The number of sulfone groups is 1. The van der Waals surface area contributed by atoms with Gasteiger partial charge in [0, 0.05) is 25.6 Å². The van der Waals surface area contributed by atoms with Crippen molar-refractivity contribution >= 4 is 15.7 Å². The molecule has 41 heavy (non-hydrogen) atoms. The number of rotatable bonds is 9. The van der Waals surface area contributed by atoms with Crippen molar-refractivity contribution in [1.82, 2.24) is 14.9 Å². The van der Waals surface area contributed by atoms with Gasteiger partial charge in [0.15, 0.2) is 17.1 Å². The molecule has 16 heteroatoms. The van der Waals surface area contributed by atoms with Gasteiger partial charge in [0.25, 0.3) is 5.91 Å². The van der Waals surface area contributed by atoms with Gasteiger partial charge in [-0.25, -0.2) is 13.4 Å². The highest BCUT2D eigenvalue weighted by molar-refractivity contribution is 7.91. The molecule has 0 bridgehead atoms. The largest absolute Gasteiger partial charge is 0.573 e. The Labute approximate surface area is 232 Å². The highest BCUT2D eigenvalue weighted by Crippen LogP contribution is 2.35. The summed E-state index contributed by atoms with van der Waals surface area (Å²) in [5.74, 6) is -1.80. The van der Waals surface area contributed by atoms with E-state index in [1.807, 2.05) is 0 Å². The summed E-state index contributed by atoms with van der Waals surface area (Å²) in [4.78, 5) is 17.1. The molecule has 3 rings (SSSR count). The summed E-state index contributed by atoms with van der Waals surface area (Å²) in [7, 11) is -3.30. The molecule has 2 N–H and O–H groups in total. The van der Waals surface area contributed by atoms with Crippen LogP contribution < -0.4 is 10.1 Å². The molecule has 0 spiro atoms. The number of carbonyl (C=O) groups is 1. The van der Waals surface area contributed by atoms with E-state index in [2.05, 4.69) is 15.0 Å². The normalized spacial score (nSPS) is 20.0. The molecule has 2 aromatic rings. The fourth-order valence-corrected chi connectivity index (χ4v) is 5.77. The predicted molar refractivity (Wildman–Crippen MR) is 133 cm³/mol. The first kappa shape index (κ1) is 32.2. The lowest BCUT2D eigenvalue weighted by molar-refractivity contribution is -0.274. The second-order valence-electron chi connectivity index (χ2n) is 9.93. The van der Waals surface area contributed by atoms with E-state index < -0.39 is 69.1 Å². The number of benzene rings is 1. The number of halogens is 6. The van der Waals surface area contributed by atoms with Crippen LogP contribution in [0.2, 0.25) is 0 Å². The highest BCUT2D eigenvalue weighted by Gasteiger charge is 2.38. The van der Waals surface area contributed by atoms with E-state index >= 15 is 0 Å². The minimum atomic E-state index is -5.22. The van der Waals surface area contributed by atoms with Crippen LogP contribution in [0.4, 0.5) is 26.3 Å². The second kappa shape index (κ2) is 11.9. The minimum absolute atomic E-state index is 0.00543. The van der Waals surface area contributed by atoms with E-state index in [0.29, 0.717) is 0 Å². The van der Waals surface area contributed by atoms with Gasteiger partial charge < -0.3 is 15.2 Å². The molecule has 1 aliphatic carbocycles. The Balaban J connectivity index is 1.93. The molecule has 1 aromatic carbocycles. The first-order valence-electron chi connectivity index (χ1n) is 12.5. The van der Waals surface area contributed by atoms with Crippen molar-refractivity contribution in [3.05, 3.63) is 41.0 Å². The SMILES string of the molecule is CCc1nc(C(=O)NCC2(O)CCC(S(C)(=O)=O)CC2)c(C#N)n1-c1ccc(CCC(F)(F)F)cc1OC(F)(F)F. The minimum Gasteiger partial charge on any atom is -0.404 e. The van der Waals surface area contributed by atoms with Crippen molar-refractivity contribution in [2.45, 2.75) is 75.3 Å². The van der Waals surface area contributed by atoms with Gasteiger partial charge in [0.05, 0.1) is 16.5 Å². The number of imidazole rings is 1. The molecule has 0 aliphatic heterocycles. The summed E-state index contributed by atoms with van der Waals surface area (Å²) in [6.07, 6.45) is -9.96. The Hall–Kier alpha value is -3.32. The van der Waals surface area contributed by atoms with Gasteiger partial charge in [-0.05, 0) is 49.8 Å². The predicted octanol–water partition coefficient (Wildman–Crippen LogP) is 4.15. The third kappa shape index (κ3) is 8.35. The number of hydrogen-bond acceptors (Lipinski definition) is 7. The quantitative estimate of drug-likeness (QED) is 0.408. The van der Waals surface area contributed by atoms with Crippen LogP contribution in [-0.4, -0.2) is 65.2 Å². The average molecular weight is 611 g/mol. The van der Waals surface area contributed by atoms with Crippen molar-refractivity contribution in [2.75, 3.05) is 12.8 Å². The van der Waals surface area contributed by atoms with Gasteiger partial charge in [0.2, 0.25) is 0 Å². The smallest absolute Gasteiger partial charge is 0.404 e. The summed E-state index contributed by atoms with van der Waals surface area (Å²) >= 11 is 0. The first-order valence-corrected chi connectivity index (χ1v) is 14.5. The van der Waals surface area contributed by atoms with E-state index in [0.717, 1.165) is 29.0 Å². The zero-order valence-corrected chi connectivity index (χ0v) is 22.9. The Morgan fingerprint density at radius 2 is 1.88 bits per heavy atom. The van der Waals surface area contributed by atoms with Gasteiger partial charge in [-0.3, -0.25) is 9.36 Å². The van der Waals surface area contributed by atoms with Gasteiger partial charge in [-0.15, -0.1) is 13.2 Å². The Morgan fingerprint density at radius 1 is 1.24 bits per heavy atom. The zero-order chi connectivity index (χ0) is 30.8. The number of alkyl halides is 6. The summed E-state index contributed by atoms with van der Waals surface area (Å²) in [5, 5.41) is 22.5. The molecule has 0 radical (unpaired) electrons. The van der Waals surface area contributed by atoms with Crippen LogP contribution in [0.3, 0.4) is 0 Å². The molecular weight excluding hydrogens is 582 g/mol. The molecular formula is C25H28F6N4O5S. The van der Waals surface area contributed by atoms with Crippen LogP contribution in [0, 0.1) is 11.3 Å². The summed E-state index contributed by atoms with van der Waals surface area (Å²) < 4.78 is 106. The third-order valence-electron chi connectivity index (χ3n) is 6.82. The van der Waals surface area contributed by atoms with Crippen LogP contribution >= 0.6 is 0 Å². The maximum absolute atomic E-state index is 13.2. The fourth-order valence-electron chi connectivity index (χ4n) is 4.68.